The normalized spacial score (nSPS) is 13.3. The molecule has 1 aliphatic rings. The summed E-state index contributed by atoms with van der Waals surface area (Å²) in [5.74, 6) is -2.28. The van der Waals surface area contributed by atoms with Crippen molar-refractivity contribution in [1.29, 1.82) is 0 Å². The standard InChI is InChI=1S/C27H16F2O3P2S/c1-11-22(28)23(29)21(27(34)26(11)33)19-10-20-18(32-19)9-14(35-20)8-17-24(30)15-6-12-4-2-3-5-13(12)7-16(15)25(17)31/h2-10H,33-34H2,1H3. The molecule has 2 aromatic heterocycles. The first-order valence-corrected chi connectivity index (χ1v) is 12.6. The summed E-state index contributed by atoms with van der Waals surface area (Å²) in [5, 5.41) is 2.86. The second-order valence-corrected chi connectivity index (χ2v) is 10.7. The molecule has 2 unspecified atom stereocenters. The third-order valence-electron chi connectivity index (χ3n) is 6.33. The second-order valence-electron chi connectivity index (χ2n) is 8.40. The third kappa shape index (κ3) is 3.36. The van der Waals surface area contributed by atoms with Gasteiger partial charge in [-0.3, -0.25) is 9.59 Å². The number of Topliss-reactive ketones (excluding diaryl/α,β-unsaturated/α-hetero) is 2. The summed E-state index contributed by atoms with van der Waals surface area (Å²) in [5.41, 5.74) is 1.65. The minimum atomic E-state index is -0.963. The van der Waals surface area contributed by atoms with E-state index >= 15 is 0 Å². The number of ketones is 2. The fraction of sp³-hybridized carbons (Fsp3) is 0.0370. The predicted octanol–water partition coefficient (Wildman–Crippen LogP) is 6.36. The number of carbonyl (C=O) groups is 2. The van der Waals surface area contributed by atoms with Gasteiger partial charge in [0, 0.05) is 22.1 Å². The quantitative estimate of drug-likeness (QED) is 0.155. The zero-order chi connectivity index (χ0) is 24.6. The molecule has 5 aromatic rings. The van der Waals surface area contributed by atoms with E-state index in [4.69, 9.17) is 4.42 Å². The van der Waals surface area contributed by atoms with Gasteiger partial charge in [0.15, 0.2) is 23.2 Å². The van der Waals surface area contributed by atoms with Gasteiger partial charge in [0.2, 0.25) is 0 Å². The maximum absolute atomic E-state index is 14.8. The average molecular weight is 520 g/mol. The van der Waals surface area contributed by atoms with Crippen molar-refractivity contribution in [3.05, 3.63) is 87.3 Å². The van der Waals surface area contributed by atoms with Crippen molar-refractivity contribution in [1.82, 2.24) is 0 Å². The van der Waals surface area contributed by atoms with E-state index in [0.29, 0.717) is 36.9 Å². The number of halogens is 2. The molecule has 35 heavy (non-hydrogen) atoms. The number of benzene rings is 3. The van der Waals surface area contributed by atoms with Crippen LogP contribution in [0.1, 0.15) is 31.2 Å². The molecule has 0 spiro atoms. The first-order chi connectivity index (χ1) is 16.7. The molecule has 0 bridgehead atoms. The van der Waals surface area contributed by atoms with Crippen LogP contribution in [0, 0.1) is 18.6 Å². The lowest BCUT2D eigenvalue weighted by molar-refractivity contribution is 0.0990. The molecule has 6 rings (SSSR count). The minimum absolute atomic E-state index is 0.0510. The minimum Gasteiger partial charge on any atom is -0.455 e. The Morgan fingerprint density at radius 1 is 0.886 bits per heavy atom. The number of rotatable bonds is 2. The highest BCUT2D eigenvalue weighted by Crippen LogP contribution is 2.38. The number of allylic oxidation sites excluding steroid dienone is 1. The van der Waals surface area contributed by atoms with Crippen LogP contribution in [-0.2, 0) is 0 Å². The lowest BCUT2D eigenvalue weighted by atomic mass is 10.0. The van der Waals surface area contributed by atoms with Crippen molar-refractivity contribution >= 4 is 79.1 Å². The van der Waals surface area contributed by atoms with Gasteiger partial charge in [-0.1, -0.05) is 24.3 Å². The van der Waals surface area contributed by atoms with Gasteiger partial charge in [-0.25, -0.2) is 8.78 Å². The summed E-state index contributed by atoms with van der Waals surface area (Å²) in [6.07, 6.45) is 1.57. The molecule has 172 valence electrons. The molecular formula is C27H16F2O3P2S. The van der Waals surface area contributed by atoms with Gasteiger partial charge < -0.3 is 4.42 Å². The molecule has 3 nitrogen and oxygen atoms in total. The Balaban J connectivity index is 1.40. The molecule has 0 aliphatic heterocycles. The average Bonchev–Trinajstić information content (AvgIpc) is 3.48. The largest absolute Gasteiger partial charge is 0.455 e. The van der Waals surface area contributed by atoms with E-state index in [2.05, 4.69) is 18.5 Å². The highest BCUT2D eigenvalue weighted by Gasteiger charge is 2.33. The molecule has 2 atom stereocenters. The number of hydrogen-bond acceptors (Lipinski definition) is 4. The van der Waals surface area contributed by atoms with Crippen molar-refractivity contribution in [2.24, 2.45) is 0 Å². The van der Waals surface area contributed by atoms with E-state index in [0.717, 1.165) is 10.8 Å². The molecule has 0 fully saturated rings. The zero-order valence-corrected chi connectivity index (χ0v) is 21.4. The topological polar surface area (TPSA) is 47.3 Å². The van der Waals surface area contributed by atoms with Crippen LogP contribution in [0.15, 0.2) is 58.5 Å². The molecule has 0 amide bonds. The SMILES string of the molecule is Cc1c(F)c(F)c(-c2cc3sc(C=C4C(=O)c5cc6ccccc6cc5C4=O)cc3o2)c(P)c1P. The number of hydrogen-bond donors (Lipinski definition) is 0. The molecule has 0 radical (unpaired) electrons. The molecule has 2 heterocycles. The number of thiophene rings is 1. The summed E-state index contributed by atoms with van der Waals surface area (Å²) < 4.78 is 35.7. The molecule has 0 saturated carbocycles. The molecule has 0 N–H and O–H groups in total. The Kier molecular flexibility index (Phi) is 5.12. The van der Waals surface area contributed by atoms with Crippen LogP contribution in [-0.4, -0.2) is 11.6 Å². The number of furan rings is 1. The van der Waals surface area contributed by atoms with E-state index in [1.165, 1.54) is 18.3 Å². The third-order valence-corrected chi connectivity index (χ3v) is 9.02. The number of fused-ring (bicyclic) bond motifs is 3. The van der Waals surface area contributed by atoms with Crippen molar-refractivity contribution in [2.75, 3.05) is 0 Å². The van der Waals surface area contributed by atoms with Crippen molar-refractivity contribution < 1.29 is 22.8 Å². The Morgan fingerprint density at radius 2 is 1.51 bits per heavy atom. The van der Waals surface area contributed by atoms with Gasteiger partial charge in [0.1, 0.15) is 11.3 Å². The lowest BCUT2D eigenvalue weighted by Gasteiger charge is -2.12. The highest BCUT2D eigenvalue weighted by atomic mass is 32.1. The molecule has 1 aliphatic carbocycles. The Bertz CT molecular complexity index is 1680. The Morgan fingerprint density at radius 3 is 2.11 bits per heavy atom. The smallest absolute Gasteiger partial charge is 0.197 e. The van der Waals surface area contributed by atoms with Crippen LogP contribution in [0.3, 0.4) is 0 Å². The van der Waals surface area contributed by atoms with Crippen molar-refractivity contribution in [2.45, 2.75) is 6.92 Å². The summed E-state index contributed by atoms with van der Waals surface area (Å²) in [7, 11) is 4.87. The first kappa shape index (κ1) is 22.4. The molecule has 0 saturated heterocycles. The van der Waals surface area contributed by atoms with E-state index in [9.17, 15) is 18.4 Å². The van der Waals surface area contributed by atoms with Crippen LogP contribution >= 0.6 is 29.8 Å². The van der Waals surface area contributed by atoms with Crippen LogP contribution in [0.2, 0.25) is 0 Å². The second kappa shape index (κ2) is 7.99. The molecule has 8 heteroatoms. The Labute approximate surface area is 207 Å². The van der Waals surface area contributed by atoms with E-state index in [-0.39, 0.29) is 34.0 Å². The molecule has 3 aromatic carbocycles. The summed E-state index contributed by atoms with van der Waals surface area (Å²) in [4.78, 5) is 26.7. The maximum Gasteiger partial charge on any atom is 0.197 e. The van der Waals surface area contributed by atoms with E-state index < -0.39 is 11.6 Å². The van der Waals surface area contributed by atoms with Gasteiger partial charge in [-0.2, -0.15) is 0 Å². The van der Waals surface area contributed by atoms with Crippen LogP contribution in [0.5, 0.6) is 0 Å². The van der Waals surface area contributed by atoms with Crippen molar-refractivity contribution in [3.63, 3.8) is 0 Å². The Hall–Kier alpha value is -3.04. The van der Waals surface area contributed by atoms with E-state index in [1.807, 2.05) is 24.3 Å². The summed E-state index contributed by atoms with van der Waals surface area (Å²) >= 11 is 1.31. The maximum atomic E-state index is 14.8. The fourth-order valence-corrected chi connectivity index (χ4v) is 6.14. The summed E-state index contributed by atoms with van der Waals surface area (Å²) in [6, 6.07) is 14.4. The van der Waals surface area contributed by atoms with Gasteiger partial charge in [0.25, 0.3) is 0 Å². The van der Waals surface area contributed by atoms with Gasteiger partial charge in [-0.15, -0.1) is 29.8 Å². The lowest BCUT2D eigenvalue weighted by Crippen LogP contribution is -2.21. The monoisotopic (exact) mass is 520 g/mol. The zero-order valence-electron chi connectivity index (χ0n) is 18.2. The number of carbonyl (C=O) groups excluding carboxylic acids is 2. The van der Waals surface area contributed by atoms with E-state index in [1.54, 1.807) is 30.3 Å². The fourth-order valence-electron chi connectivity index (χ4n) is 4.42. The van der Waals surface area contributed by atoms with Crippen LogP contribution < -0.4 is 10.6 Å². The highest BCUT2D eigenvalue weighted by molar-refractivity contribution is 7.36. The van der Waals surface area contributed by atoms with Gasteiger partial charge >= 0.3 is 0 Å². The summed E-state index contributed by atoms with van der Waals surface area (Å²) in [6.45, 7) is 1.52. The van der Waals surface area contributed by atoms with Gasteiger partial charge in [-0.05, 0) is 58.1 Å². The van der Waals surface area contributed by atoms with Gasteiger partial charge in [0.05, 0.1) is 15.8 Å². The van der Waals surface area contributed by atoms with Crippen molar-refractivity contribution in [3.8, 4) is 11.3 Å². The first-order valence-electron chi connectivity index (χ1n) is 10.6. The van der Waals surface area contributed by atoms with Crippen LogP contribution in [0.4, 0.5) is 8.78 Å². The predicted molar refractivity (Wildman–Crippen MR) is 143 cm³/mol. The van der Waals surface area contributed by atoms with Crippen LogP contribution in [0.25, 0.3) is 38.5 Å². The molecular weight excluding hydrogens is 504 g/mol.